The highest BCUT2D eigenvalue weighted by Crippen LogP contribution is 2.21. The molecule has 78 valence electrons. The van der Waals surface area contributed by atoms with Crippen molar-refractivity contribution in [2.45, 2.75) is 19.8 Å². The second-order valence-electron chi connectivity index (χ2n) is 3.45. The second kappa shape index (κ2) is 5.47. The third-order valence-electron chi connectivity index (χ3n) is 2.43. The maximum absolute atomic E-state index is 12.8. The van der Waals surface area contributed by atoms with E-state index in [1.807, 2.05) is 6.07 Å². The minimum atomic E-state index is -0.207. The van der Waals surface area contributed by atoms with E-state index in [1.165, 1.54) is 12.1 Å². The molecule has 3 heteroatoms. The molecule has 2 N–H and O–H groups in total. The van der Waals surface area contributed by atoms with Gasteiger partial charge in [-0.3, -0.25) is 0 Å². The lowest BCUT2D eigenvalue weighted by atomic mass is 9.97. The molecule has 0 fully saturated rings. The number of benzene rings is 1. The number of rotatable bonds is 4. The van der Waals surface area contributed by atoms with Crippen LogP contribution in [0.2, 0.25) is 0 Å². The van der Waals surface area contributed by atoms with Crippen LogP contribution in [0.4, 0.5) is 4.39 Å². The molecule has 0 radical (unpaired) electrons. The Bertz CT molecular complexity index is 297. The third-order valence-corrected chi connectivity index (χ3v) is 3.17. The van der Waals surface area contributed by atoms with Crippen LogP contribution in [-0.2, 0) is 6.42 Å². The summed E-state index contributed by atoms with van der Waals surface area (Å²) in [6.07, 6.45) is 1.97. The van der Waals surface area contributed by atoms with Crippen molar-refractivity contribution in [2.24, 2.45) is 11.7 Å². The van der Waals surface area contributed by atoms with Crippen molar-refractivity contribution >= 4 is 15.9 Å². The molecule has 0 heterocycles. The van der Waals surface area contributed by atoms with Gasteiger partial charge < -0.3 is 5.73 Å². The summed E-state index contributed by atoms with van der Waals surface area (Å²) in [7, 11) is 0. The molecule has 0 amide bonds. The van der Waals surface area contributed by atoms with E-state index in [0.29, 0.717) is 12.5 Å². The van der Waals surface area contributed by atoms with E-state index in [4.69, 9.17) is 5.73 Å². The first-order valence-corrected chi connectivity index (χ1v) is 5.60. The van der Waals surface area contributed by atoms with E-state index in [-0.39, 0.29) is 5.82 Å². The molecule has 0 aliphatic rings. The first-order valence-electron chi connectivity index (χ1n) is 4.81. The van der Waals surface area contributed by atoms with Gasteiger partial charge in [0.05, 0.1) is 0 Å². The van der Waals surface area contributed by atoms with Crippen molar-refractivity contribution in [1.29, 1.82) is 0 Å². The molecular formula is C11H15BrFN. The summed E-state index contributed by atoms with van der Waals surface area (Å²) >= 11 is 3.35. The Morgan fingerprint density at radius 2 is 2.21 bits per heavy atom. The van der Waals surface area contributed by atoms with E-state index >= 15 is 0 Å². The molecule has 1 unspecified atom stereocenters. The monoisotopic (exact) mass is 259 g/mol. The van der Waals surface area contributed by atoms with Crippen LogP contribution >= 0.6 is 15.9 Å². The molecule has 0 spiro atoms. The quantitative estimate of drug-likeness (QED) is 0.884. The third kappa shape index (κ3) is 3.07. The Kier molecular flexibility index (Phi) is 4.55. The van der Waals surface area contributed by atoms with Crippen molar-refractivity contribution in [1.82, 2.24) is 0 Å². The zero-order valence-electron chi connectivity index (χ0n) is 8.26. The fraction of sp³-hybridized carbons (Fsp3) is 0.455. The molecule has 0 aliphatic carbocycles. The molecular weight excluding hydrogens is 245 g/mol. The van der Waals surface area contributed by atoms with Crippen LogP contribution in [-0.4, -0.2) is 6.54 Å². The molecule has 1 rings (SSSR count). The normalized spacial score (nSPS) is 12.9. The first kappa shape index (κ1) is 11.7. The SMILES string of the molecule is CCC(CN)Cc1ccc(F)cc1Br. The number of halogens is 2. The molecule has 1 aromatic rings. The fourth-order valence-electron chi connectivity index (χ4n) is 1.39. The Hall–Kier alpha value is -0.410. The molecule has 0 bridgehead atoms. The predicted octanol–water partition coefficient (Wildman–Crippen LogP) is 3.12. The topological polar surface area (TPSA) is 26.0 Å². The van der Waals surface area contributed by atoms with Gasteiger partial charge in [0.2, 0.25) is 0 Å². The summed E-state index contributed by atoms with van der Waals surface area (Å²) < 4.78 is 13.6. The van der Waals surface area contributed by atoms with E-state index in [9.17, 15) is 4.39 Å². The standard InChI is InChI=1S/C11H15BrFN/c1-2-8(7-14)5-9-3-4-10(13)6-11(9)12/h3-4,6,8H,2,5,7,14H2,1H3. The van der Waals surface area contributed by atoms with Gasteiger partial charge in [-0.05, 0) is 36.6 Å². The second-order valence-corrected chi connectivity index (χ2v) is 4.30. The zero-order chi connectivity index (χ0) is 10.6. The first-order chi connectivity index (χ1) is 6.67. The van der Waals surface area contributed by atoms with Crippen molar-refractivity contribution in [3.63, 3.8) is 0 Å². The highest BCUT2D eigenvalue weighted by molar-refractivity contribution is 9.10. The van der Waals surface area contributed by atoms with Crippen molar-refractivity contribution in [3.8, 4) is 0 Å². The van der Waals surface area contributed by atoms with Crippen LogP contribution in [0.25, 0.3) is 0 Å². The van der Waals surface area contributed by atoms with Gasteiger partial charge in [-0.15, -0.1) is 0 Å². The highest BCUT2D eigenvalue weighted by Gasteiger charge is 2.08. The van der Waals surface area contributed by atoms with E-state index in [0.717, 1.165) is 22.9 Å². The molecule has 1 atom stereocenters. The lowest BCUT2D eigenvalue weighted by Gasteiger charge is -2.13. The maximum atomic E-state index is 12.8. The van der Waals surface area contributed by atoms with Gasteiger partial charge in [0, 0.05) is 4.47 Å². The van der Waals surface area contributed by atoms with Crippen molar-refractivity contribution in [2.75, 3.05) is 6.54 Å². The number of hydrogen-bond acceptors (Lipinski definition) is 1. The van der Waals surface area contributed by atoms with Gasteiger partial charge in [0.15, 0.2) is 0 Å². The van der Waals surface area contributed by atoms with Crippen LogP contribution < -0.4 is 5.73 Å². The van der Waals surface area contributed by atoms with E-state index in [2.05, 4.69) is 22.9 Å². The van der Waals surface area contributed by atoms with Gasteiger partial charge in [0.25, 0.3) is 0 Å². The predicted molar refractivity (Wildman–Crippen MR) is 60.6 cm³/mol. The number of nitrogens with two attached hydrogens (primary N) is 1. The summed E-state index contributed by atoms with van der Waals surface area (Å²) in [5.74, 6) is 0.276. The molecule has 0 aliphatic heterocycles. The summed E-state index contributed by atoms with van der Waals surface area (Å²) in [5, 5.41) is 0. The minimum absolute atomic E-state index is 0.207. The summed E-state index contributed by atoms with van der Waals surface area (Å²) in [4.78, 5) is 0. The fourth-order valence-corrected chi connectivity index (χ4v) is 1.91. The van der Waals surface area contributed by atoms with E-state index in [1.54, 1.807) is 0 Å². The van der Waals surface area contributed by atoms with Gasteiger partial charge in [-0.1, -0.05) is 35.3 Å². The lowest BCUT2D eigenvalue weighted by molar-refractivity contribution is 0.517. The van der Waals surface area contributed by atoms with Gasteiger partial charge >= 0.3 is 0 Å². The molecule has 0 saturated carbocycles. The Morgan fingerprint density at radius 1 is 1.50 bits per heavy atom. The average Bonchev–Trinajstić information content (AvgIpc) is 2.17. The lowest BCUT2D eigenvalue weighted by Crippen LogP contribution is -2.16. The van der Waals surface area contributed by atoms with E-state index < -0.39 is 0 Å². The van der Waals surface area contributed by atoms with Crippen LogP contribution in [0.15, 0.2) is 22.7 Å². The Morgan fingerprint density at radius 3 is 2.71 bits per heavy atom. The smallest absolute Gasteiger partial charge is 0.124 e. The van der Waals surface area contributed by atoms with Crippen molar-refractivity contribution < 1.29 is 4.39 Å². The molecule has 0 aromatic heterocycles. The van der Waals surface area contributed by atoms with Crippen LogP contribution in [0, 0.1) is 11.7 Å². The van der Waals surface area contributed by atoms with Crippen LogP contribution in [0.5, 0.6) is 0 Å². The summed E-state index contributed by atoms with van der Waals surface area (Å²) in [6.45, 7) is 2.80. The highest BCUT2D eigenvalue weighted by atomic mass is 79.9. The molecule has 1 nitrogen and oxygen atoms in total. The van der Waals surface area contributed by atoms with Crippen molar-refractivity contribution in [3.05, 3.63) is 34.1 Å². The number of hydrogen-bond donors (Lipinski definition) is 1. The van der Waals surface area contributed by atoms with Crippen LogP contribution in [0.1, 0.15) is 18.9 Å². The minimum Gasteiger partial charge on any atom is -0.330 e. The Labute approximate surface area is 92.6 Å². The summed E-state index contributed by atoms with van der Waals surface area (Å²) in [5.41, 5.74) is 6.75. The molecule has 14 heavy (non-hydrogen) atoms. The maximum Gasteiger partial charge on any atom is 0.124 e. The summed E-state index contributed by atoms with van der Waals surface area (Å²) in [6, 6.07) is 4.81. The zero-order valence-corrected chi connectivity index (χ0v) is 9.85. The van der Waals surface area contributed by atoms with Gasteiger partial charge in [-0.25, -0.2) is 4.39 Å². The largest absolute Gasteiger partial charge is 0.330 e. The molecule has 0 saturated heterocycles. The van der Waals surface area contributed by atoms with Gasteiger partial charge in [-0.2, -0.15) is 0 Å². The van der Waals surface area contributed by atoms with Crippen LogP contribution in [0.3, 0.4) is 0 Å². The average molecular weight is 260 g/mol. The van der Waals surface area contributed by atoms with Gasteiger partial charge in [0.1, 0.15) is 5.82 Å². The molecule has 1 aromatic carbocycles. The Balaban J connectivity index is 2.76.